The fourth-order valence-corrected chi connectivity index (χ4v) is 1.95. The maximum absolute atomic E-state index is 12.0. The van der Waals surface area contributed by atoms with Crippen molar-refractivity contribution in [3.05, 3.63) is 59.9 Å². The lowest BCUT2D eigenvalue weighted by atomic mass is 10.1. The smallest absolute Gasteiger partial charge is 0.270 e. The lowest BCUT2D eigenvalue weighted by molar-refractivity contribution is -0.119. The van der Waals surface area contributed by atoms with Crippen LogP contribution in [0.5, 0.6) is 5.75 Å². The lowest BCUT2D eigenvalue weighted by Crippen LogP contribution is -2.46. The number of amides is 2. The number of pyridine rings is 1. The summed E-state index contributed by atoms with van der Waals surface area (Å²) < 4.78 is 5.07. The van der Waals surface area contributed by atoms with Crippen LogP contribution in [0, 0.1) is 0 Å². The Balaban J connectivity index is 2.06. The van der Waals surface area contributed by atoms with Gasteiger partial charge in [-0.1, -0.05) is 18.2 Å². The maximum Gasteiger partial charge on any atom is 0.270 e. The van der Waals surface area contributed by atoms with Gasteiger partial charge in [-0.05, 0) is 29.8 Å². The minimum Gasteiger partial charge on any atom is -0.497 e. The van der Waals surface area contributed by atoms with Crippen molar-refractivity contribution in [1.29, 1.82) is 0 Å². The Kier molecular flexibility index (Phi) is 5.08. The third kappa shape index (κ3) is 4.05. The van der Waals surface area contributed by atoms with E-state index in [-0.39, 0.29) is 5.69 Å². The van der Waals surface area contributed by atoms with Gasteiger partial charge in [0.05, 0.1) is 7.11 Å². The van der Waals surface area contributed by atoms with Gasteiger partial charge in [-0.2, -0.15) is 0 Å². The van der Waals surface area contributed by atoms with Crippen LogP contribution in [0.25, 0.3) is 0 Å². The molecule has 0 bridgehead atoms. The number of nitrogens with two attached hydrogens (primary N) is 1. The van der Waals surface area contributed by atoms with Crippen molar-refractivity contribution in [2.24, 2.45) is 5.73 Å². The summed E-state index contributed by atoms with van der Waals surface area (Å²) in [5.74, 6) is -0.310. The van der Waals surface area contributed by atoms with Crippen molar-refractivity contribution in [2.75, 3.05) is 7.11 Å². The summed E-state index contributed by atoms with van der Waals surface area (Å²) in [5, 5.41) is 2.60. The summed E-state index contributed by atoms with van der Waals surface area (Å²) in [5.41, 5.74) is 6.47. The molecule has 22 heavy (non-hydrogen) atoms. The highest BCUT2D eigenvalue weighted by Crippen LogP contribution is 2.12. The van der Waals surface area contributed by atoms with Crippen molar-refractivity contribution < 1.29 is 14.3 Å². The zero-order valence-corrected chi connectivity index (χ0v) is 12.2. The van der Waals surface area contributed by atoms with Gasteiger partial charge in [0.1, 0.15) is 17.5 Å². The standard InChI is InChI=1S/C16H17N3O3/c1-22-12-7-5-11(6-8-12)10-14(15(17)20)19-16(21)13-4-2-3-9-18-13/h2-9,14H,10H2,1H3,(H2,17,20)(H,19,21)/t14-/m1/s1. The molecule has 0 aliphatic rings. The van der Waals surface area contributed by atoms with Crippen LogP contribution >= 0.6 is 0 Å². The van der Waals surface area contributed by atoms with Crippen LogP contribution in [0.3, 0.4) is 0 Å². The number of benzene rings is 1. The topological polar surface area (TPSA) is 94.3 Å². The number of carbonyl (C=O) groups is 2. The Morgan fingerprint density at radius 2 is 1.95 bits per heavy atom. The van der Waals surface area contributed by atoms with Gasteiger partial charge in [-0.3, -0.25) is 14.6 Å². The summed E-state index contributed by atoms with van der Waals surface area (Å²) in [4.78, 5) is 27.5. The molecule has 0 fully saturated rings. The number of hydrogen-bond acceptors (Lipinski definition) is 4. The second-order valence-electron chi connectivity index (χ2n) is 4.70. The van der Waals surface area contributed by atoms with Crippen molar-refractivity contribution in [2.45, 2.75) is 12.5 Å². The molecule has 0 aliphatic heterocycles. The maximum atomic E-state index is 12.0. The average molecular weight is 299 g/mol. The van der Waals surface area contributed by atoms with Gasteiger partial charge in [0.2, 0.25) is 5.91 Å². The highest BCUT2D eigenvalue weighted by atomic mass is 16.5. The molecule has 1 aromatic carbocycles. The van der Waals surface area contributed by atoms with Crippen LogP contribution in [0.1, 0.15) is 16.1 Å². The predicted molar refractivity (Wildman–Crippen MR) is 81.4 cm³/mol. The number of aromatic nitrogens is 1. The fourth-order valence-electron chi connectivity index (χ4n) is 1.95. The van der Waals surface area contributed by atoms with E-state index in [1.165, 1.54) is 6.20 Å². The molecular formula is C16H17N3O3. The second-order valence-corrected chi connectivity index (χ2v) is 4.70. The van der Waals surface area contributed by atoms with Gasteiger partial charge < -0.3 is 15.8 Å². The molecule has 6 nitrogen and oxygen atoms in total. The molecule has 2 rings (SSSR count). The van der Waals surface area contributed by atoms with E-state index < -0.39 is 17.9 Å². The van der Waals surface area contributed by atoms with E-state index in [1.54, 1.807) is 37.4 Å². The Morgan fingerprint density at radius 1 is 1.23 bits per heavy atom. The summed E-state index contributed by atoms with van der Waals surface area (Å²) in [6.07, 6.45) is 1.82. The minimum atomic E-state index is -0.803. The highest BCUT2D eigenvalue weighted by Gasteiger charge is 2.20. The quantitative estimate of drug-likeness (QED) is 0.829. The molecule has 0 aliphatic carbocycles. The number of nitrogens with one attached hydrogen (secondary N) is 1. The van der Waals surface area contributed by atoms with Gasteiger partial charge in [0, 0.05) is 12.6 Å². The Morgan fingerprint density at radius 3 is 2.50 bits per heavy atom. The molecule has 0 spiro atoms. The van der Waals surface area contributed by atoms with E-state index in [4.69, 9.17) is 10.5 Å². The number of primary amides is 1. The van der Waals surface area contributed by atoms with Crippen LogP contribution in [-0.2, 0) is 11.2 Å². The van der Waals surface area contributed by atoms with E-state index in [0.717, 1.165) is 11.3 Å². The molecule has 0 radical (unpaired) electrons. The molecule has 1 aromatic heterocycles. The van der Waals surface area contributed by atoms with Gasteiger partial charge in [0.25, 0.3) is 5.91 Å². The SMILES string of the molecule is COc1ccc(C[C@@H](NC(=O)c2ccccn2)C(N)=O)cc1. The fraction of sp³-hybridized carbons (Fsp3) is 0.188. The molecular weight excluding hydrogens is 282 g/mol. The minimum absolute atomic E-state index is 0.239. The molecule has 2 aromatic rings. The zero-order chi connectivity index (χ0) is 15.9. The number of hydrogen-bond donors (Lipinski definition) is 2. The van der Waals surface area contributed by atoms with E-state index in [2.05, 4.69) is 10.3 Å². The zero-order valence-electron chi connectivity index (χ0n) is 12.2. The molecule has 2 amide bonds. The number of ether oxygens (including phenoxy) is 1. The first kappa shape index (κ1) is 15.5. The Hall–Kier alpha value is -2.89. The first-order valence-electron chi connectivity index (χ1n) is 6.74. The molecule has 6 heteroatoms. The van der Waals surface area contributed by atoms with Crippen molar-refractivity contribution in [3.63, 3.8) is 0 Å². The third-order valence-corrected chi connectivity index (χ3v) is 3.15. The van der Waals surface area contributed by atoms with Crippen molar-refractivity contribution in [1.82, 2.24) is 10.3 Å². The summed E-state index contributed by atoms with van der Waals surface area (Å²) >= 11 is 0. The van der Waals surface area contributed by atoms with Crippen molar-refractivity contribution in [3.8, 4) is 5.75 Å². The van der Waals surface area contributed by atoms with Crippen LogP contribution in [0.2, 0.25) is 0 Å². The Bertz CT molecular complexity index is 641. The molecule has 1 atom stereocenters. The van der Waals surface area contributed by atoms with Crippen LogP contribution < -0.4 is 15.8 Å². The van der Waals surface area contributed by atoms with E-state index >= 15 is 0 Å². The van der Waals surface area contributed by atoms with E-state index in [9.17, 15) is 9.59 Å². The predicted octanol–water partition coefficient (Wildman–Crippen LogP) is 0.917. The van der Waals surface area contributed by atoms with Gasteiger partial charge >= 0.3 is 0 Å². The van der Waals surface area contributed by atoms with E-state index in [1.807, 2.05) is 12.1 Å². The highest BCUT2D eigenvalue weighted by molar-refractivity contribution is 5.95. The van der Waals surface area contributed by atoms with Crippen LogP contribution in [0.4, 0.5) is 0 Å². The Labute approximate surface area is 128 Å². The average Bonchev–Trinajstić information content (AvgIpc) is 2.55. The van der Waals surface area contributed by atoms with Gasteiger partial charge in [-0.25, -0.2) is 0 Å². The molecule has 114 valence electrons. The number of methoxy groups -OCH3 is 1. The number of rotatable bonds is 6. The largest absolute Gasteiger partial charge is 0.497 e. The third-order valence-electron chi connectivity index (χ3n) is 3.15. The first-order valence-corrected chi connectivity index (χ1v) is 6.74. The van der Waals surface area contributed by atoms with Crippen LogP contribution in [0.15, 0.2) is 48.7 Å². The molecule has 0 saturated heterocycles. The molecule has 0 unspecified atom stereocenters. The van der Waals surface area contributed by atoms with Crippen molar-refractivity contribution >= 4 is 11.8 Å². The molecule has 1 heterocycles. The van der Waals surface area contributed by atoms with Crippen LogP contribution in [-0.4, -0.2) is 29.9 Å². The second kappa shape index (κ2) is 7.21. The summed E-state index contributed by atoms with van der Waals surface area (Å²) in [6, 6.07) is 11.4. The molecule has 3 N–H and O–H groups in total. The molecule has 0 saturated carbocycles. The normalized spacial score (nSPS) is 11.5. The first-order chi connectivity index (χ1) is 10.6. The summed E-state index contributed by atoms with van der Waals surface area (Å²) in [7, 11) is 1.58. The number of carbonyl (C=O) groups excluding carboxylic acids is 2. The summed E-state index contributed by atoms with van der Waals surface area (Å²) in [6.45, 7) is 0. The van der Waals surface area contributed by atoms with E-state index in [0.29, 0.717) is 6.42 Å². The van der Waals surface area contributed by atoms with Gasteiger partial charge in [-0.15, -0.1) is 0 Å². The lowest BCUT2D eigenvalue weighted by Gasteiger charge is -2.15. The number of nitrogens with zero attached hydrogens (tertiary/aromatic N) is 1. The monoisotopic (exact) mass is 299 g/mol. The van der Waals surface area contributed by atoms with Gasteiger partial charge in [0.15, 0.2) is 0 Å².